The quantitative estimate of drug-likeness (QED) is 0.243. The molecule has 11 nitrogen and oxygen atoms in total. The molecule has 2 amide bonds. The molecule has 1 N–H and O–H groups in total. The zero-order valence-electron chi connectivity index (χ0n) is 31.0. The van der Waals surface area contributed by atoms with Gasteiger partial charge in [-0.3, -0.25) is 23.9 Å². The van der Waals surface area contributed by atoms with Gasteiger partial charge < -0.3 is 14.4 Å². The number of ether oxygens (including phenoxy) is 2. The van der Waals surface area contributed by atoms with Gasteiger partial charge in [-0.2, -0.15) is 0 Å². The van der Waals surface area contributed by atoms with Gasteiger partial charge in [0.15, 0.2) is 5.78 Å². The van der Waals surface area contributed by atoms with E-state index in [0.717, 1.165) is 35.7 Å². The molecule has 1 saturated heterocycles. The van der Waals surface area contributed by atoms with Gasteiger partial charge in [-0.25, -0.2) is 13.4 Å². The number of fused-ring (bicyclic) bond motifs is 5. The molecular weight excluding hydrogens is 730 g/mol. The number of allylic oxidation sites excluding steroid dienone is 2. The Morgan fingerprint density at radius 2 is 1.89 bits per heavy atom. The fourth-order valence-electron chi connectivity index (χ4n) is 8.65. The third-order valence-corrected chi connectivity index (χ3v) is 14.6. The molecule has 4 heterocycles. The van der Waals surface area contributed by atoms with E-state index in [4.69, 9.17) is 26.1 Å². The number of rotatable bonds is 6. The van der Waals surface area contributed by atoms with Crippen molar-refractivity contribution in [3.8, 4) is 5.75 Å². The van der Waals surface area contributed by atoms with Crippen LogP contribution in [0.2, 0.25) is 5.02 Å². The molecule has 2 aromatic rings. The fourth-order valence-corrected chi connectivity index (χ4v) is 10.2. The summed E-state index contributed by atoms with van der Waals surface area (Å²) in [5, 5.41) is 1.48. The van der Waals surface area contributed by atoms with Crippen LogP contribution in [0.15, 0.2) is 30.4 Å². The maximum atomic E-state index is 14.7. The molecule has 294 valence electrons. The number of nitrogens with one attached hydrogen (secondary N) is 1. The van der Waals surface area contributed by atoms with Gasteiger partial charge in [-0.1, -0.05) is 44.0 Å². The average molecular weight is 784 g/mol. The predicted octanol–water partition coefficient (Wildman–Crippen LogP) is 6.94. The average Bonchev–Trinajstić information content (AvgIpc) is 3.98. The van der Waals surface area contributed by atoms with E-state index in [1.165, 1.54) is 0 Å². The largest absolute Gasteiger partial charge is 0.483 e. The number of halogens is 1. The number of carbonyl (C=O) groups is 4. The molecule has 54 heavy (non-hydrogen) atoms. The van der Waals surface area contributed by atoms with Crippen molar-refractivity contribution in [2.75, 3.05) is 6.54 Å². The Hall–Kier alpha value is -3.51. The van der Waals surface area contributed by atoms with Crippen molar-refractivity contribution in [3.05, 3.63) is 46.6 Å². The van der Waals surface area contributed by atoms with Crippen molar-refractivity contribution in [1.82, 2.24) is 14.6 Å². The molecule has 1 aromatic carbocycles. The highest BCUT2D eigenvalue weighted by Gasteiger charge is 2.63. The van der Waals surface area contributed by atoms with E-state index in [2.05, 4.69) is 4.72 Å². The minimum atomic E-state index is -3.93. The molecule has 1 spiro atoms. The van der Waals surface area contributed by atoms with Crippen molar-refractivity contribution in [2.24, 2.45) is 17.3 Å². The summed E-state index contributed by atoms with van der Waals surface area (Å²) in [4.78, 5) is 62.7. The van der Waals surface area contributed by atoms with E-state index < -0.39 is 49.6 Å². The zero-order chi connectivity index (χ0) is 37.9. The van der Waals surface area contributed by atoms with E-state index in [-0.39, 0.29) is 56.9 Å². The highest BCUT2D eigenvalue weighted by Crippen LogP contribution is 2.58. The number of hydrogen-bond acceptors (Lipinski definition) is 9. The van der Waals surface area contributed by atoms with Gasteiger partial charge in [0.2, 0.25) is 21.8 Å². The maximum Gasteiger partial charge on any atom is 0.306 e. The first-order chi connectivity index (χ1) is 25.1. The van der Waals surface area contributed by atoms with Gasteiger partial charge >= 0.3 is 5.97 Å². The summed E-state index contributed by atoms with van der Waals surface area (Å²) in [5.41, 5.74) is 0.318. The summed E-state index contributed by atoms with van der Waals surface area (Å²) in [6.45, 7) is 7.16. The number of esters is 1. The van der Waals surface area contributed by atoms with Crippen LogP contribution in [0, 0.1) is 24.2 Å². The third-order valence-electron chi connectivity index (χ3n) is 12.2. The van der Waals surface area contributed by atoms with Crippen LogP contribution in [0.3, 0.4) is 0 Å². The normalized spacial score (nSPS) is 29.8. The highest BCUT2D eigenvalue weighted by atomic mass is 35.5. The Labute approximate surface area is 324 Å². The second-order valence-corrected chi connectivity index (χ2v) is 19.3. The first kappa shape index (κ1) is 40.2. The van der Waals surface area contributed by atoms with Crippen LogP contribution in [0.5, 0.6) is 5.75 Å². The summed E-state index contributed by atoms with van der Waals surface area (Å²) in [6, 6.07) is 4.63. The molecule has 7 rings (SSSR count). The molecule has 5 aliphatic rings. The smallest absolute Gasteiger partial charge is 0.306 e. The second kappa shape index (κ2) is 14.9. The van der Waals surface area contributed by atoms with E-state index in [1.54, 1.807) is 31.7 Å². The van der Waals surface area contributed by atoms with Crippen LogP contribution in [-0.2, 0) is 40.4 Å². The van der Waals surface area contributed by atoms with Crippen LogP contribution in [0.25, 0.3) is 10.9 Å². The SMILES string of the molecule is C.Cc1nc2ccc(Cl)cc2c2c1O[C@]1(CC2)C[C@H]2C(=O)C[C@]3(C(=O)NS(=O)(=O)C4(C)CC4)C[C@H]3/C=C\CCCCC[C@H](CC(=O)OC(C)C)C(=O)N2C1. The Kier molecular flexibility index (Phi) is 11.1. The molecule has 5 atom stereocenters. The van der Waals surface area contributed by atoms with Crippen LogP contribution < -0.4 is 9.46 Å². The minimum absolute atomic E-state index is 0. The Morgan fingerprint density at radius 1 is 1.13 bits per heavy atom. The number of hydrogen-bond donors (Lipinski definition) is 1. The van der Waals surface area contributed by atoms with Gasteiger partial charge in [-0.15, -0.1) is 0 Å². The molecule has 13 heteroatoms. The second-order valence-electron chi connectivity index (χ2n) is 16.6. The number of amides is 2. The first-order valence-corrected chi connectivity index (χ1v) is 21.0. The van der Waals surface area contributed by atoms with Crippen LogP contribution in [0.4, 0.5) is 0 Å². The molecule has 2 aliphatic carbocycles. The molecule has 1 aromatic heterocycles. The van der Waals surface area contributed by atoms with E-state index >= 15 is 0 Å². The summed E-state index contributed by atoms with van der Waals surface area (Å²) >= 11 is 6.38. The van der Waals surface area contributed by atoms with E-state index in [1.807, 2.05) is 31.2 Å². The lowest BCUT2D eigenvalue weighted by Gasteiger charge is -2.36. The standard InChI is InChI=1S/C40H50ClN3O8S.CH4/c1-24(2)51-34(46)18-26-10-8-6-5-7-9-11-27-20-40(27,37(48)43-53(49,50)38(4)16-17-38)22-33(45)32-21-39(23-44(32)36(26)47)15-14-29-30-19-28(41)12-13-31(30)42-25(3)35(29)52-39;/h9,11-13,19,24,26-27,32H,5-8,10,14-18,20-23H2,1-4H3,(H,43,48);1H4/b11-9-;/t26-,27-,32+,39-,40-;/m1./s1. The van der Waals surface area contributed by atoms with Crippen molar-refractivity contribution < 1.29 is 37.1 Å². The number of Topliss-reactive ketones (excluding diaryl/α,β-unsaturated/α-hetero) is 1. The number of ketones is 1. The van der Waals surface area contributed by atoms with Crippen LogP contribution in [-0.4, -0.2) is 70.9 Å². The monoisotopic (exact) mass is 783 g/mol. The lowest BCUT2D eigenvalue weighted by molar-refractivity contribution is -0.153. The predicted molar refractivity (Wildman–Crippen MR) is 206 cm³/mol. The lowest BCUT2D eigenvalue weighted by atomic mass is 9.85. The van der Waals surface area contributed by atoms with Crippen LogP contribution in [0.1, 0.15) is 117 Å². The van der Waals surface area contributed by atoms with Crippen molar-refractivity contribution in [3.63, 3.8) is 0 Å². The highest BCUT2D eigenvalue weighted by molar-refractivity contribution is 7.91. The van der Waals surface area contributed by atoms with Gasteiger partial charge in [0, 0.05) is 34.7 Å². The first-order valence-electron chi connectivity index (χ1n) is 19.1. The van der Waals surface area contributed by atoms with Gasteiger partial charge in [0.05, 0.1) is 46.5 Å². The lowest BCUT2D eigenvalue weighted by Crippen LogP contribution is -2.48. The number of sulfonamides is 1. The third kappa shape index (κ3) is 7.66. The van der Waals surface area contributed by atoms with E-state index in [9.17, 15) is 27.6 Å². The number of carbonyl (C=O) groups excluding carboxylic acids is 4. The van der Waals surface area contributed by atoms with Gasteiger partial charge in [0.25, 0.3) is 0 Å². The Morgan fingerprint density at radius 3 is 2.61 bits per heavy atom. The van der Waals surface area contributed by atoms with E-state index in [0.29, 0.717) is 61.4 Å². The topological polar surface area (TPSA) is 149 Å². The fraction of sp³-hybridized carbons (Fsp3) is 0.634. The molecule has 3 fully saturated rings. The summed E-state index contributed by atoms with van der Waals surface area (Å²) in [7, 11) is -3.93. The van der Waals surface area contributed by atoms with Gasteiger partial charge in [0.1, 0.15) is 11.4 Å². The molecular formula is C41H54ClN3O8S. The number of pyridine rings is 1. The minimum Gasteiger partial charge on any atom is -0.483 e. The molecule has 0 bridgehead atoms. The zero-order valence-corrected chi connectivity index (χ0v) is 32.6. The van der Waals surface area contributed by atoms with Crippen molar-refractivity contribution in [1.29, 1.82) is 0 Å². The molecule has 0 unspecified atom stereocenters. The summed E-state index contributed by atoms with van der Waals surface area (Å²) in [5.74, 6) is -2.13. The number of aryl methyl sites for hydroxylation is 2. The number of nitrogens with zero attached hydrogens (tertiary/aromatic N) is 2. The summed E-state index contributed by atoms with van der Waals surface area (Å²) in [6.07, 6.45) is 9.52. The maximum absolute atomic E-state index is 14.7. The number of aromatic nitrogens is 1. The summed E-state index contributed by atoms with van der Waals surface area (Å²) < 4.78 is 40.1. The molecule has 3 aliphatic heterocycles. The van der Waals surface area contributed by atoms with Gasteiger partial charge in [-0.05, 0) is 103 Å². The molecule has 0 radical (unpaired) electrons. The van der Waals surface area contributed by atoms with Crippen molar-refractivity contribution in [2.45, 2.75) is 141 Å². The Balaban J connectivity index is 0.00000497. The Bertz CT molecular complexity index is 1990. The van der Waals surface area contributed by atoms with Crippen molar-refractivity contribution >= 4 is 56.1 Å². The van der Waals surface area contributed by atoms with Crippen LogP contribution >= 0.6 is 11.6 Å². The molecule has 2 saturated carbocycles. The number of benzene rings is 1.